The topological polar surface area (TPSA) is 41.4 Å². The normalized spacial score (nSPS) is 17.9. The Morgan fingerprint density at radius 1 is 1.17 bits per heavy atom. The number of aromatic nitrogens is 2. The number of benzene rings is 1. The SMILES string of the molecule is Cc1ccc(CN2CCN(C(=O)Cn3nc(C(F)F)c(Cl)c3C3CC3)CC2)cc1. The summed E-state index contributed by atoms with van der Waals surface area (Å²) in [5.74, 6) is 0.0449. The first-order valence-corrected chi connectivity index (χ1v) is 10.4. The standard InChI is InChI=1S/C21H25ClF2N4O/c1-14-2-4-15(5-3-14)12-26-8-10-27(11-9-26)17(29)13-28-20(16-6-7-16)18(22)19(25-28)21(23)24/h2-5,16,21H,6-13H2,1H3. The Morgan fingerprint density at radius 3 is 2.41 bits per heavy atom. The number of halogens is 3. The minimum Gasteiger partial charge on any atom is -0.339 e. The first kappa shape index (κ1) is 20.3. The van der Waals surface area contributed by atoms with Gasteiger partial charge < -0.3 is 4.90 Å². The first-order chi connectivity index (χ1) is 13.9. The molecule has 0 radical (unpaired) electrons. The van der Waals surface area contributed by atoms with Gasteiger partial charge in [0.25, 0.3) is 6.43 Å². The minimum atomic E-state index is -2.73. The Morgan fingerprint density at radius 2 is 1.83 bits per heavy atom. The van der Waals surface area contributed by atoms with Crippen LogP contribution in [0.3, 0.4) is 0 Å². The van der Waals surface area contributed by atoms with E-state index in [1.807, 2.05) is 0 Å². The molecule has 0 bridgehead atoms. The fourth-order valence-electron chi connectivity index (χ4n) is 3.81. The lowest BCUT2D eigenvalue weighted by Crippen LogP contribution is -2.49. The zero-order chi connectivity index (χ0) is 20.5. The van der Waals surface area contributed by atoms with Crippen molar-refractivity contribution >= 4 is 17.5 Å². The first-order valence-electron chi connectivity index (χ1n) is 10.0. The maximum atomic E-state index is 13.2. The molecular weight excluding hydrogens is 398 g/mol. The highest BCUT2D eigenvalue weighted by molar-refractivity contribution is 6.32. The van der Waals surface area contributed by atoms with Gasteiger partial charge in [0.15, 0.2) is 0 Å². The summed E-state index contributed by atoms with van der Waals surface area (Å²) in [4.78, 5) is 16.9. The van der Waals surface area contributed by atoms with E-state index in [9.17, 15) is 13.6 Å². The van der Waals surface area contributed by atoms with Gasteiger partial charge in [-0.2, -0.15) is 5.10 Å². The lowest BCUT2D eigenvalue weighted by molar-refractivity contribution is -0.133. The summed E-state index contributed by atoms with van der Waals surface area (Å²) in [7, 11) is 0. The summed E-state index contributed by atoms with van der Waals surface area (Å²) in [6.07, 6.45) is -0.929. The number of piperazine rings is 1. The molecule has 2 heterocycles. The van der Waals surface area contributed by atoms with Crippen LogP contribution in [-0.2, 0) is 17.9 Å². The molecule has 0 unspecified atom stereocenters. The molecule has 1 saturated carbocycles. The van der Waals surface area contributed by atoms with Crippen LogP contribution in [0.15, 0.2) is 24.3 Å². The molecule has 8 heteroatoms. The highest BCUT2D eigenvalue weighted by Crippen LogP contribution is 2.45. The van der Waals surface area contributed by atoms with Crippen molar-refractivity contribution in [2.45, 2.75) is 45.2 Å². The number of hydrogen-bond donors (Lipinski definition) is 0. The molecule has 1 aliphatic carbocycles. The van der Waals surface area contributed by atoms with Crippen LogP contribution in [0.4, 0.5) is 8.78 Å². The lowest BCUT2D eigenvalue weighted by Gasteiger charge is -2.34. The number of nitrogens with zero attached hydrogens (tertiary/aromatic N) is 4. The third-order valence-electron chi connectivity index (χ3n) is 5.66. The summed E-state index contributed by atoms with van der Waals surface area (Å²) in [5.41, 5.74) is 2.68. The molecule has 1 aromatic heterocycles. The molecule has 1 aliphatic heterocycles. The zero-order valence-corrected chi connectivity index (χ0v) is 17.2. The summed E-state index contributed by atoms with van der Waals surface area (Å²) >= 11 is 6.14. The lowest BCUT2D eigenvalue weighted by atomic mass is 10.1. The Bertz CT molecular complexity index is 872. The van der Waals surface area contributed by atoms with E-state index in [0.717, 1.165) is 32.5 Å². The molecule has 1 aromatic carbocycles. The second-order valence-electron chi connectivity index (χ2n) is 7.96. The molecule has 29 heavy (non-hydrogen) atoms. The van der Waals surface area contributed by atoms with Crippen molar-refractivity contribution in [3.05, 3.63) is 51.8 Å². The van der Waals surface area contributed by atoms with Gasteiger partial charge in [0.1, 0.15) is 12.2 Å². The predicted octanol–water partition coefficient (Wildman–Crippen LogP) is 4.00. The maximum absolute atomic E-state index is 13.2. The number of alkyl halides is 2. The Kier molecular flexibility index (Phi) is 5.88. The second-order valence-corrected chi connectivity index (χ2v) is 8.34. The van der Waals surface area contributed by atoms with Gasteiger partial charge in [0, 0.05) is 38.6 Å². The van der Waals surface area contributed by atoms with E-state index in [2.05, 4.69) is 41.2 Å². The van der Waals surface area contributed by atoms with Gasteiger partial charge in [-0.1, -0.05) is 41.4 Å². The number of amides is 1. The molecule has 0 spiro atoms. The fourth-order valence-corrected chi connectivity index (χ4v) is 4.19. The number of carbonyl (C=O) groups excluding carboxylic acids is 1. The van der Waals surface area contributed by atoms with Gasteiger partial charge in [-0.15, -0.1) is 0 Å². The largest absolute Gasteiger partial charge is 0.339 e. The average Bonchev–Trinajstić information content (AvgIpc) is 3.47. The molecule has 5 nitrogen and oxygen atoms in total. The molecule has 0 atom stereocenters. The third-order valence-corrected chi connectivity index (χ3v) is 6.05. The Labute approximate surface area is 174 Å². The van der Waals surface area contributed by atoms with Crippen molar-refractivity contribution < 1.29 is 13.6 Å². The van der Waals surface area contributed by atoms with Gasteiger partial charge >= 0.3 is 0 Å². The second kappa shape index (κ2) is 8.40. The van der Waals surface area contributed by atoms with Crippen molar-refractivity contribution in [1.29, 1.82) is 0 Å². The molecule has 1 saturated heterocycles. The van der Waals surface area contributed by atoms with Crippen molar-refractivity contribution in [3.8, 4) is 0 Å². The molecule has 4 rings (SSSR count). The average molecular weight is 423 g/mol. The van der Waals surface area contributed by atoms with Crippen LogP contribution < -0.4 is 0 Å². The monoisotopic (exact) mass is 422 g/mol. The van der Waals surface area contributed by atoms with Gasteiger partial charge in [-0.25, -0.2) is 8.78 Å². The van der Waals surface area contributed by atoms with Crippen molar-refractivity contribution in [2.75, 3.05) is 26.2 Å². The number of rotatable bonds is 6. The van der Waals surface area contributed by atoms with Crippen molar-refractivity contribution in [1.82, 2.24) is 19.6 Å². The Hall–Kier alpha value is -1.99. The summed E-state index contributed by atoms with van der Waals surface area (Å²) in [6.45, 7) is 5.73. The molecular formula is C21H25ClF2N4O. The van der Waals surface area contributed by atoms with Crippen LogP contribution >= 0.6 is 11.6 Å². The van der Waals surface area contributed by atoms with Gasteiger partial charge in [0.2, 0.25) is 5.91 Å². The smallest absolute Gasteiger partial charge is 0.283 e. The summed E-state index contributed by atoms with van der Waals surface area (Å²) in [5, 5.41) is 3.99. The minimum absolute atomic E-state index is 0.0261. The Balaban J connectivity index is 1.35. The predicted molar refractivity (Wildman–Crippen MR) is 107 cm³/mol. The van der Waals surface area contributed by atoms with Gasteiger partial charge in [-0.3, -0.25) is 14.4 Å². The van der Waals surface area contributed by atoms with Gasteiger partial charge in [-0.05, 0) is 25.3 Å². The van der Waals surface area contributed by atoms with E-state index < -0.39 is 12.1 Å². The maximum Gasteiger partial charge on any atom is 0.283 e. The number of aryl methyl sites for hydroxylation is 1. The zero-order valence-electron chi connectivity index (χ0n) is 16.5. The highest BCUT2D eigenvalue weighted by atomic mass is 35.5. The van der Waals surface area contributed by atoms with E-state index >= 15 is 0 Å². The molecule has 0 N–H and O–H groups in total. The van der Waals surface area contributed by atoms with Crippen LogP contribution in [-0.4, -0.2) is 51.7 Å². The molecule has 2 aliphatic rings. The van der Waals surface area contributed by atoms with Crippen molar-refractivity contribution in [3.63, 3.8) is 0 Å². The van der Waals surface area contributed by atoms with Crippen LogP contribution in [0.1, 0.15) is 47.7 Å². The highest BCUT2D eigenvalue weighted by Gasteiger charge is 2.35. The van der Waals surface area contributed by atoms with Crippen LogP contribution in [0.25, 0.3) is 0 Å². The molecule has 2 aromatic rings. The fraction of sp³-hybridized carbons (Fsp3) is 0.524. The van der Waals surface area contributed by atoms with Crippen LogP contribution in [0, 0.1) is 6.92 Å². The quantitative estimate of drug-likeness (QED) is 0.706. The summed E-state index contributed by atoms with van der Waals surface area (Å²) in [6, 6.07) is 8.48. The van der Waals surface area contributed by atoms with E-state index in [-0.39, 0.29) is 23.4 Å². The van der Waals surface area contributed by atoms with Crippen LogP contribution in [0.2, 0.25) is 5.02 Å². The van der Waals surface area contributed by atoms with Crippen LogP contribution in [0.5, 0.6) is 0 Å². The third kappa shape index (κ3) is 4.61. The van der Waals surface area contributed by atoms with Gasteiger partial charge in [0.05, 0.1) is 10.7 Å². The van der Waals surface area contributed by atoms with E-state index in [0.29, 0.717) is 18.8 Å². The van der Waals surface area contributed by atoms with E-state index in [4.69, 9.17) is 11.6 Å². The van der Waals surface area contributed by atoms with Crippen molar-refractivity contribution in [2.24, 2.45) is 0 Å². The number of carbonyl (C=O) groups is 1. The molecule has 156 valence electrons. The molecule has 2 fully saturated rings. The van der Waals surface area contributed by atoms with E-state index in [1.54, 1.807) is 4.90 Å². The number of hydrogen-bond acceptors (Lipinski definition) is 3. The van der Waals surface area contributed by atoms with E-state index in [1.165, 1.54) is 15.8 Å². The molecule has 1 amide bonds. The summed E-state index contributed by atoms with van der Waals surface area (Å²) < 4.78 is 27.8.